The van der Waals surface area contributed by atoms with Crippen molar-refractivity contribution in [2.24, 2.45) is 0 Å². The molecule has 0 spiro atoms. The van der Waals surface area contributed by atoms with Crippen molar-refractivity contribution >= 4 is 5.97 Å². The molecule has 6 nitrogen and oxygen atoms in total. The molecule has 0 unspecified atom stereocenters. The highest BCUT2D eigenvalue weighted by molar-refractivity contribution is 5.92. The summed E-state index contributed by atoms with van der Waals surface area (Å²) < 4.78 is 0.688. The van der Waals surface area contributed by atoms with Crippen molar-refractivity contribution in [3.8, 4) is 5.75 Å². The summed E-state index contributed by atoms with van der Waals surface area (Å²) in [6.07, 6.45) is 17.5. The van der Waals surface area contributed by atoms with E-state index in [1.54, 1.807) is 12.1 Å². The molecule has 198 valence electrons. The van der Waals surface area contributed by atoms with Crippen LogP contribution in [-0.4, -0.2) is 66.2 Å². The molecule has 0 fully saturated rings. The second-order valence-corrected chi connectivity index (χ2v) is 9.92. The second kappa shape index (κ2) is 20.7. The monoisotopic (exact) mass is 481 g/mol. The van der Waals surface area contributed by atoms with E-state index in [4.69, 9.17) is 15.3 Å². The number of likely N-dealkylation sites (N-methyl/N-ethyl adjacent to an activating group) is 1. The Labute approximate surface area is 208 Å². The zero-order valence-electron chi connectivity index (χ0n) is 22.1. The Morgan fingerprint density at radius 1 is 0.794 bits per heavy atom. The SMILES string of the molecule is CCCCCCCCCCCCCCCc1cccc([O-])c1C(=O)O.C[N+](C)(CCO)CCO. The van der Waals surface area contributed by atoms with Gasteiger partial charge >= 0.3 is 5.97 Å². The van der Waals surface area contributed by atoms with Gasteiger partial charge in [0.25, 0.3) is 0 Å². The number of unbranched alkanes of at least 4 members (excludes halogenated alkanes) is 12. The fraction of sp³-hybridized carbons (Fsp3) is 0.750. The van der Waals surface area contributed by atoms with Gasteiger partial charge in [0.1, 0.15) is 13.1 Å². The maximum Gasteiger partial charge on any atom is 0.335 e. The van der Waals surface area contributed by atoms with Crippen LogP contribution in [0.2, 0.25) is 0 Å². The van der Waals surface area contributed by atoms with Crippen LogP contribution in [0, 0.1) is 0 Å². The Hall–Kier alpha value is -1.63. The molecule has 1 aromatic carbocycles. The highest BCUT2D eigenvalue weighted by Crippen LogP contribution is 2.21. The Bertz CT molecular complexity index is 625. The number of carboxylic acid groups (broad SMARTS) is 1. The van der Waals surface area contributed by atoms with Crippen LogP contribution < -0.4 is 5.11 Å². The summed E-state index contributed by atoms with van der Waals surface area (Å²) in [5, 5.41) is 37.8. The van der Waals surface area contributed by atoms with Gasteiger partial charge in [-0.3, -0.25) is 0 Å². The van der Waals surface area contributed by atoms with Gasteiger partial charge in [-0.1, -0.05) is 108 Å². The van der Waals surface area contributed by atoms with Gasteiger partial charge in [-0.2, -0.15) is 0 Å². The Morgan fingerprint density at radius 2 is 1.24 bits per heavy atom. The van der Waals surface area contributed by atoms with Gasteiger partial charge < -0.3 is 24.9 Å². The zero-order chi connectivity index (χ0) is 25.7. The summed E-state index contributed by atoms with van der Waals surface area (Å²) in [6.45, 7) is 4.05. The fourth-order valence-corrected chi connectivity index (χ4v) is 4.01. The number of hydrogen-bond donors (Lipinski definition) is 3. The predicted octanol–water partition coefficient (Wildman–Crippen LogP) is 5.14. The molecule has 3 N–H and O–H groups in total. The standard InChI is InChI=1S/C22H36O3.C6H16NO2/c1-2-3-4-5-6-7-8-9-10-11-12-13-14-16-19-17-15-18-20(23)21(19)22(24)25;1-7(2,3-5-8)4-6-9/h15,17-18,23H,2-14,16H2,1H3,(H,24,25);8-9H,3-6H2,1-2H3/q;+1/p-1. The van der Waals surface area contributed by atoms with Crippen LogP contribution in [0.25, 0.3) is 0 Å². The van der Waals surface area contributed by atoms with Gasteiger partial charge in [-0.15, -0.1) is 0 Å². The zero-order valence-corrected chi connectivity index (χ0v) is 22.1. The van der Waals surface area contributed by atoms with Crippen molar-refractivity contribution in [3.05, 3.63) is 29.3 Å². The molecule has 6 heteroatoms. The average Bonchev–Trinajstić information content (AvgIpc) is 2.77. The molecule has 0 aromatic heterocycles. The molecule has 0 saturated carbocycles. The molecule has 0 heterocycles. The fourth-order valence-electron chi connectivity index (χ4n) is 4.01. The number of aliphatic hydroxyl groups excluding tert-OH is 2. The number of aliphatic hydroxyl groups is 2. The number of benzene rings is 1. The van der Waals surface area contributed by atoms with Crippen LogP contribution in [0.5, 0.6) is 5.75 Å². The number of aryl methyl sites for hydroxylation is 1. The van der Waals surface area contributed by atoms with Crippen molar-refractivity contribution in [2.45, 2.75) is 96.8 Å². The first-order valence-corrected chi connectivity index (χ1v) is 13.3. The highest BCUT2D eigenvalue weighted by atomic mass is 16.4. The number of hydrogen-bond acceptors (Lipinski definition) is 4. The second-order valence-electron chi connectivity index (χ2n) is 9.92. The maximum absolute atomic E-state index is 11.6. The minimum Gasteiger partial charge on any atom is -0.872 e. The molecule has 0 amide bonds. The Kier molecular flexibility index (Phi) is 19.7. The third-order valence-corrected chi connectivity index (χ3v) is 6.29. The normalized spacial score (nSPS) is 11.2. The molecular formula is C28H51NO5. The van der Waals surface area contributed by atoms with E-state index < -0.39 is 5.97 Å². The molecular weight excluding hydrogens is 430 g/mol. The molecule has 0 radical (unpaired) electrons. The molecule has 0 saturated heterocycles. The smallest absolute Gasteiger partial charge is 0.335 e. The third kappa shape index (κ3) is 16.9. The first kappa shape index (κ1) is 32.4. The van der Waals surface area contributed by atoms with E-state index in [0.717, 1.165) is 12.8 Å². The van der Waals surface area contributed by atoms with Crippen molar-refractivity contribution in [3.63, 3.8) is 0 Å². The molecule has 1 rings (SSSR count). The van der Waals surface area contributed by atoms with Crippen molar-refractivity contribution in [2.75, 3.05) is 40.4 Å². The van der Waals surface area contributed by atoms with Crippen molar-refractivity contribution < 1.29 is 29.7 Å². The number of carbonyl (C=O) groups is 1. The number of rotatable bonds is 19. The lowest BCUT2D eigenvalue weighted by molar-refractivity contribution is -0.890. The van der Waals surface area contributed by atoms with Crippen molar-refractivity contribution in [1.82, 2.24) is 0 Å². The first-order valence-electron chi connectivity index (χ1n) is 13.3. The Morgan fingerprint density at radius 3 is 1.65 bits per heavy atom. The number of carboxylic acids is 1. The van der Waals surface area contributed by atoms with E-state index in [1.807, 2.05) is 14.1 Å². The van der Waals surface area contributed by atoms with E-state index in [9.17, 15) is 9.90 Å². The Balaban J connectivity index is 0.00000102. The number of aromatic carboxylic acids is 1. The van der Waals surface area contributed by atoms with Gasteiger partial charge in [-0.25, -0.2) is 4.79 Å². The van der Waals surface area contributed by atoms with Gasteiger partial charge in [0.15, 0.2) is 0 Å². The summed E-state index contributed by atoms with van der Waals surface area (Å²) in [7, 11) is 3.96. The van der Waals surface area contributed by atoms with Crippen molar-refractivity contribution in [1.29, 1.82) is 0 Å². The maximum atomic E-state index is 11.6. The third-order valence-electron chi connectivity index (χ3n) is 6.29. The molecule has 1 aromatic rings. The topological polar surface area (TPSA) is 101 Å². The van der Waals surface area contributed by atoms with E-state index in [0.29, 0.717) is 29.6 Å². The lowest BCUT2D eigenvalue weighted by Crippen LogP contribution is -2.43. The van der Waals surface area contributed by atoms with E-state index in [2.05, 4.69) is 6.92 Å². The number of nitrogens with zero attached hydrogens (tertiary/aromatic N) is 1. The summed E-state index contributed by atoms with van der Waals surface area (Å²) in [6, 6.07) is 4.76. The molecule has 34 heavy (non-hydrogen) atoms. The largest absolute Gasteiger partial charge is 0.872 e. The van der Waals surface area contributed by atoms with Crippen LogP contribution in [0.3, 0.4) is 0 Å². The quantitative estimate of drug-likeness (QED) is 0.188. The van der Waals surface area contributed by atoms with E-state index in [-0.39, 0.29) is 24.5 Å². The summed E-state index contributed by atoms with van der Waals surface area (Å²) in [5.74, 6) is -1.48. The average molecular weight is 482 g/mol. The minimum atomic E-state index is -1.10. The van der Waals surface area contributed by atoms with Crippen LogP contribution in [0.4, 0.5) is 0 Å². The molecule has 0 bridgehead atoms. The molecule has 0 aliphatic carbocycles. The van der Waals surface area contributed by atoms with E-state index >= 15 is 0 Å². The summed E-state index contributed by atoms with van der Waals surface area (Å²) in [4.78, 5) is 11.2. The predicted molar refractivity (Wildman–Crippen MR) is 138 cm³/mol. The molecule has 0 aliphatic rings. The molecule has 0 aliphatic heterocycles. The van der Waals surface area contributed by atoms with Crippen LogP contribution in [0.15, 0.2) is 18.2 Å². The van der Waals surface area contributed by atoms with Gasteiger partial charge in [0, 0.05) is 0 Å². The lowest BCUT2D eigenvalue weighted by Gasteiger charge is -2.27. The summed E-state index contributed by atoms with van der Waals surface area (Å²) in [5.41, 5.74) is 0.643. The summed E-state index contributed by atoms with van der Waals surface area (Å²) >= 11 is 0. The van der Waals surface area contributed by atoms with Gasteiger partial charge in [-0.05, 0) is 18.4 Å². The van der Waals surface area contributed by atoms with Crippen LogP contribution in [-0.2, 0) is 6.42 Å². The van der Waals surface area contributed by atoms with E-state index in [1.165, 1.54) is 76.7 Å². The number of quaternary nitrogens is 1. The first-order chi connectivity index (χ1) is 16.3. The minimum absolute atomic E-state index is 0.0403. The highest BCUT2D eigenvalue weighted by Gasteiger charge is 2.11. The molecule has 0 atom stereocenters. The van der Waals surface area contributed by atoms with Gasteiger partial charge in [0.2, 0.25) is 0 Å². The lowest BCUT2D eigenvalue weighted by atomic mass is 9.99. The van der Waals surface area contributed by atoms with Gasteiger partial charge in [0.05, 0.1) is 32.9 Å². The van der Waals surface area contributed by atoms with Crippen LogP contribution >= 0.6 is 0 Å². The van der Waals surface area contributed by atoms with Crippen LogP contribution in [0.1, 0.15) is 106 Å².